The number of carbonyl (C=O) groups is 1. The largest absolute Gasteiger partial charge is 0.378 e. The van der Waals surface area contributed by atoms with Crippen molar-refractivity contribution >= 4 is 15.9 Å². The van der Waals surface area contributed by atoms with Crippen molar-refractivity contribution in [3.05, 3.63) is 0 Å². The van der Waals surface area contributed by atoms with E-state index in [0.29, 0.717) is 25.7 Å². The highest BCUT2D eigenvalue weighted by molar-refractivity contribution is 7.91. The third-order valence-corrected chi connectivity index (χ3v) is 5.85. The average Bonchev–Trinajstić information content (AvgIpc) is 2.78. The van der Waals surface area contributed by atoms with Gasteiger partial charge in [0.15, 0.2) is 9.84 Å². The molecule has 1 heterocycles. The van der Waals surface area contributed by atoms with Gasteiger partial charge in [-0.2, -0.15) is 0 Å². The van der Waals surface area contributed by atoms with Gasteiger partial charge in [-0.3, -0.25) is 0 Å². The van der Waals surface area contributed by atoms with Gasteiger partial charge in [-0.25, -0.2) is 13.2 Å². The van der Waals surface area contributed by atoms with E-state index in [0.717, 1.165) is 19.3 Å². The summed E-state index contributed by atoms with van der Waals surface area (Å²) in [5.74, 6) is 0.235. The summed E-state index contributed by atoms with van der Waals surface area (Å²) >= 11 is 0. The molecular weight excluding hydrogens is 292 g/mol. The molecule has 7 heteroatoms. The van der Waals surface area contributed by atoms with Gasteiger partial charge in [-0.05, 0) is 25.7 Å². The van der Waals surface area contributed by atoms with Gasteiger partial charge in [0.25, 0.3) is 0 Å². The van der Waals surface area contributed by atoms with Crippen molar-refractivity contribution in [3.63, 3.8) is 0 Å². The van der Waals surface area contributed by atoms with Crippen LogP contribution in [-0.4, -0.2) is 51.3 Å². The Labute approximate surface area is 126 Å². The van der Waals surface area contributed by atoms with Crippen LogP contribution in [0.1, 0.15) is 44.9 Å². The number of carbonyl (C=O) groups excluding carboxylic acids is 1. The number of hydrogen-bond acceptors (Lipinski definition) is 4. The minimum absolute atomic E-state index is 0.0607. The fourth-order valence-corrected chi connectivity index (χ4v) is 4.57. The van der Waals surface area contributed by atoms with Gasteiger partial charge in [-0.1, -0.05) is 19.3 Å². The number of nitrogens with one attached hydrogen (secondary N) is 2. The van der Waals surface area contributed by atoms with Crippen LogP contribution < -0.4 is 10.6 Å². The lowest BCUT2D eigenvalue weighted by atomic mass is 9.98. The van der Waals surface area contributed by atoms with E-state index in [1.54, 1.807) is 0 Å². The van der Waals surface area contributed by atoms with Crippen molar-refractivity contribution in [1.82, 2.24) is 10.6 Å². The van der Waals surface area contributed by atoms with E-state index in [4.69, 9.17) is 4.74 Å². The number of urea groups is 1. The predicted octanol–water partition coefficient (Wildman–Crippen LogP) is 1.21. The summed E-state index contributed by atoms with van der Waals surface area (Å²) in [6.07, 6.45) is 7.85. The molecule has 2 amide bonds. The Morgan fingerprint density at radius 3 is 2.57 bits per heavy atom. The van der Waals surface area contributed by atoms with Crippen molar-refractivity contribution in [2.75, 3.05) is 24.7 Å². The third-order valence-electron chi connectivity index (χ3n) is 4.08. The summed E-state index contributed by atoms with van der Waals surface area (Å²) in [5.41, 5.74) is 0. The molecule has 2 rings (SSSR count). The first kappa shape index (κ1) is 16.5. The number of rotatable bonds is 6. The van der Waals surface area contributed by atoms with Crippen LogP contribution in [0.5, 0.6) is 0 Å². The molecule has 0 aromatic rings. The summed E-state index contributed by atoms with van der Waals surface area (Å²) in [7, 11) is -2.95. The first-order valence-corrected chi connectivity index (χ1v) is 9.74. The van der Waals surface area contributed by atoms with E-state index in [1.165, 1.54) is 19.3 Å². The highest BCUT2D eigenvalue weighted by Crippen LogP contribution is 2.20. The molecule has 6 nitrogen and oxygen atoms in total. The van der Waals surface area contributed by atoms with Crippen LogP contribution in [0, 0.1) is 0 Å². The van der Waals surface area contributed by atoms with Crippen molar-refractivity contribution in [3.8, 4) is 0 Å². The van der Waals surface area contributed by atoms with E-state index in [1.807, 2.05) is 0 Å². The minimum Gasteiger partial charge on any atom is -0.378 e. The molecule has 1 unspecified atom stereocenters. The maximum absolute atomic E-state index is 11.6. The molecule has 2 N–H and O–H groups in total. The van der Waals surface area contributed by atoms with Crippen LogP contribution in [-0.2, 0) is 14.6 Å². The first-order chi connectivity index (χ1) is 10.1. The van der Waals surface area contributed by atoms with Crippen LogP contribution in [0.25, 0.3) is 0 Å². The fraction of sp³-hybridized carbons (Fsp3) is 0.929. The van der Waals surface area contributed by atoms with Crippen molar-refractivity contribution in [2.24, 2.45) is 0 Å². The zero-order valence-electron chi connectivity index (χ0n) is 12.5. The highest BCUT2D eigenvalue weighted by atomic mass is 32.2. The number of amides is 2. The lowest BCUT2D eigenvalue weighted by Gasteiger charge is -2.22. The summed E-state index contributed by atoms with van der Waals surface area (Å²) < 4.78 is 28.3. The average molecular weight is 318 g/mol. The number of hydrogen-bond donors (Lipinski definition) is 2. The zero-order chi connectivity index (χ0) is 15.1. The van der Waals surface area contributed by atoms with Crippen LogP contribution >= 0.6 is 0 Å². The van der Waals surface area contributed by atoms with Gasteiger partial charge in [0.05, 0.1) is 17.6 Å². The Hall–Kier alpha value is -0.820. The van der Waals surface area contributed by atoms with Crippen LogP contribution in [0.2, 0.25) is 0 Å². The van der Waals surface area contributed by atoms with E-state index in [-0.39, 0.29) is 23.6 Å². The number of sulfone groups is 1. The Balaban J connectivity index is 1.49. The molecule has 1 aliphatic carbocycles. The van der Waals surface area contributed by atoms with E-state index in [2.05, 4.69) is 10.6 Å². The molecule has 1 aliphatic heterocycles. The molecular formula is C14H26N2O4S. The molecule has 1 saturated heterocycles. The second kappa shape index (κ2) is 7.98. The second-order valence-corrected chi connectivity index (χ2v) is 8.21. The Bertz CT molecular complexity index is 432. The fourth-order valence-electron chi connectivity index (χ4n) is 2.90. The van der Waals surface area contributed by atoms with Crippen molar-refractivity contribution < 1.29 is 17.9 Å². The smallest absolute Gasteiger partial charge is 0.315 e. The summed E-state index contributed by atoms with van der Waals surface area (Å²) in [6, 6.07) is -0.525. The Morgan fingerprint density at radius 1 is 1.14 bits per heavy atom. The second-order valence-electron chi connectivity index (χ2n) is 5.98. The minimum atomic E-state index is -2.95. The molecule has 1 atom stereocenters. The SMILES string of the molecule is O=C(NCCCOC1CCCCC1)NC1CCS(=O)(=O)C1. The molecule has 122 valence electrons. The topological polar surface area (TPSA) is 84.5 Å². The highest BCUT2D eigenvalue weighted by Gasteiger charge is 2.28. The lowest BCUT2D eigenvalue weighted by molar-refractivity contribution is 0.0275. The lowest BCUT2D eigenvalue weighted by Crippen LogP contribution is -2.43. The quantitative estimate of drug-likeness (QED) is 0.721. The van der Waals surface area contributed by atoms with Crippen LogP contribution in [0.15, 0.2) is 0 Å². The van der Waals surface area contributed by atoms with Crippen molar-refractivity contribution in [2.45, 2.75) is 57.1 Å². The van der Waals surface area contributed by atoms with Gasteiger partial charge in [0.2, 0.25) is 0 Å². The molecule has 1 saturated carbocycles. The van der Waals surface area contributed by atoms with Gasteiger partial charge < -0.3 is 15.4 Å². The van der Waals surface area contributed by atoms with Gasteiger partial charge in [0.1, 0.15) is 0 Å². The summed E-state index contributed by atoms with van der Waals surface area (Å²) in [6.45, 7) is 1.22. The first-order valence-electron chi connectivity index (χ1n) is 7.91. The zero-order valence-corrected chi connectivity index (χ0v) is 13.3. The summed E-state index contributed by atoms with van der Waals surface area (Å²) in [4.78, 5) is 11.6. The van der Waals surface area contributed by atoms with Crippen molar-refractivity contribution in [1.29, 1.82) is 0 Å². The van der Waals surface area contributed by atoms with Crippen LogP contribution in [0.4, 0.5) is 4.79 Å². The Morgan fingerprint density at radius 2 is 1.90 bits per heavy atom. The third kappa shape index (κ3) is 6.22. The Kier molecular flexibility index (Phi) is 6.29. The molecule has 0 bridgehead atoms. The molecule has 0 aromatic carbocycles. The molecule has 21 heavy (non-hydrogen) atoms. The molecule has 2 aliphatic rings. The van der Waals surface area contributed by atoms with E-state index < -0.39 is 9.84 Å². The van der Waals surface area contributed by atoms with E-state index in [9.17, 15) is 13.2 Å². The molecule has 2 fully saturated rings. The van der Waals surface area contributed by atoms with Gasteiger partial charge in [0, 0.05) is 19.2 Å². The maximum Gasteiger partial charge on any atom is 0.315 e. The molecule has 0 spiro atoms. The van der Waals surface area contributed by atoms with Crippen LogP contribution in [0.3, 0.4) is 0 Å². The van der Waals surface area contributed by atoms with E-state index >= 15 is 0 Å². The standard InChI is InChI=1S/C14H26N2O4S/c17-14(16-12-7-10-21(18,19)11-12)15-8-4-9-20-13-5-2-1-3-6-13/h12-13H,1-11H2,(H2,15,16,17). The summed E-state index contributed by atoms with van der Waals surface area (Å²) in [5, 5.41) is 5.45. The normalized spacial score (nSPS) is 25.6. The monoisotopic (exact) mass is 318 g/mol. The number of ether oxygens (including phenoxy) is 1. The van der Waals surface area contributed by atoms with Gasteiger partial charge in [-0.15, -0.1) is 0 Å². The maximum atomic E-state index is 11.6. The predicted molar refractivity (Wildman–Crippen MR) is 81.0 cm³/mol. The van der Waals surface area contributed by atoms with Gasteiger partial charge >= 0.3 is 6.03 Å². The molecule has 0 aromatic heterocycles. The molecule has 0 radical (unpaired) electrons.